The summed E-state index contributed by atoms with van der Waals surface area (Å²) < 4.78 is 20.3. The Kier molecular flexibility index (Phi) is 11.0. The third-order valence-corrected chi connectivity index (χ3v) is 14.2. The van der Waals surface area contributed by atoms with Crippen molar-refractivity contribution in [1.82, 2.24) is 19.3 Å². The van der Waals surface area contributed by atoms with Crippen LogP contribution in [0.2, 0.25) is 48.8 Å². The first kappa shape index (κ1) is 34.1. The standard InChI is InChI=1S/C29H45ClN4O6Si2/c1-20-23(18-39-42(8,9)29(2,3)4)34(19-38-14-15-41(5,6)7)28(37)33(27(20)36)17-26-31-25(32-40-26)16-24(35)21-10-12-22(30)13-11-21/h10-13,24,35H,14-19H2,1-9H3/t24-/m0/s1. The number of aliphatic hydroxyl groups excluding tert-OH is 1. The average molecular weight is 637 g/mol. The summed E-state index contributed by atoms with van der Waals surface area (Å²) >= 11 is 5.93. The number of halogens is 1. The van der Waals surface area contributed by atoms with E-state index in [-0.39, 0.29) is 43.1 Å². The van der Waals surface area contributed by atoms with Crippen molar-refractivity contribution >= 4 is 28.0 Å². The topological polar surface area (TPSA) is 122 Å². The molecule has 1 aromatic carbocycles. The Labute approximate surface area is 254 Å². The van der Waals surface area contributed by atoms with Gasteiger partial charge in [-0.3, -0.25) is 13.9 Å². The molecule has 0 bridgehead atoms. The summed E-state index contributed by atoms with van der Waals surface area (Å²) in [5, 5.41) is 15.1. The first-order chi connectivity index (χ1) is 19.4. The molecule has 3 rings (SSSR count). The summed E-state index contributed by atoms with van der Waals surface area (Å²) in [6.45, 7) is 19.6. The second kappa shape index (κ2) is 13.5. The Morgan fingerprint density at radius 2 is 1.71 bits per heavy atom. The fourth-order valence-corrected chi connectivity index (χ4v) is 5.70. The van der Waals surface area contributed by atoms with Crippen LogP contribution in [0.3, 0.4) is 0 Å². The van der Waals surface area contributed by atoms with Crippen molar-refractivity contribution < 1.29 is 18.8 Å². The first-order valence-electron chi connectivity index (χ1n) is 14.2. The summed E-state index contributed by atoms with van der Waals surface area (Å²) in [5.41, 5.74) is 0.586. The lowest BCUT2D eigenvalue weighted by atomic mass is 10.1. The van der Waals surface area contributed by atoms with E-state index in [1.807, 2.05) is 0 Å². The smallest absolute Gasteiger partial charge is 0.333 e. The molecule has 232 valence electrons. The number of nitrogens with zero attached hydrogens (tertiary/aromatic N) is 4. The Balaban J connectivity index is 1.89. The summed E-state index contributed by atoms with van der Waals surface area (Å²) in [4.78, 5) is 31.6. The molecule has 0 saturated heterocycles. The number of ether oxygens (including phenoxy) is 1. The number of hydrogen-bond donors (Lipinski definition) is 1. The molecule has 42 heavy (non-hydrogen) atoms. The molecule has 10 nitrogen and oxygen atoms in total. The molecule has 2 heterocycles. The van der Waals surface area contributed by atoms with Crippen LogP contribution in [0.15, 0.2) is 38.4 Å². The van der Waals surface area contributed by atoms with Gasteiger partial charge in [-0.25, -0.2) is 4.79 Å². The van der Waals surface area contributed by atoms with E-state index >= 15 is 0 Å². The number of rotatable bonds is 13. The van der Waals surface area contributed by atoms with E-state index in [9.17, 15) is 14.7 Å². The molecular formula is C29H45ClN4O6Si2. The number of aromatic nitrogens is 4. The summed E-state index contributed by atoms with van der Waals surface area (Å²) in [5.74, 6) is 0.343. The van der Waals surface area contributed by atoms with Gasteiger partial charge in [-0.05, 0) is 48.8 Å². The largest absolute Gasteiger partial charge is 0.411 e. The SMILES string of the molecule is Cc1c(CO[Si](C)(C)C(C)(C)C)n(COCC[Si](C)(C)C)c(=O)n(Cc2nc(C[C@H](O)c3ccc(Cl)cc3)no2)c1=O. The quantitative estimate of drug-likeness (QED) is 0.192. The highest BCUT2D eigenvalue weighted by Crippen LogP contribution is 2.37. The maximum Gasteiger partial charge on any atom is 0.333 e. The van der Waals surface area contributed by atoms with E-state index < -0.39 is 33.7 Å². The van der Waals surface area contributed by atoms with Gasteiger partial charge in [-0.2, -0.15) is 4.98 Å². The van der Waals surface area contributed by atoms with Gasteiger partial charge in [0.15, 0.2) is 14.1 Å². The highest BCUT2D eigenvalue weighted by atomic mass is 35.5. The molecule has 0 saturated carbocycles. The Morgan fingerprint density at radius 1 is 1.07 bits per heavy atom. The van der Waals surface area contributed by atoms with Gasteiger partial charge in [-0.15, -0.1) is 0 Å². The van der Waals surface area contributed by atoms with E-state index in [1.54, 1.807) is 31.2 Å². The van der Waals surface area contributed by atoms with E-state index in [4.69, 9.17) is 25.3 Å². The fraction of sp³-hybridized carbons (Fsp3) is 0.586. The molecule has 0 radical (unpaired) electrons. The van der Waals surface area contributed by atoms with E-state index in [0.717, 1.165) is 10.6 Å². The molecule has 0 aliphatic rings. The van der Waals surface area contributed by atoms with Gasteiger partial charge in [-0.1, -0.05) is 69.3 Å². The van der Waals surface area contributed by atoms with Crippen LogP contribution in [0.1, 0.15) is 55.4 Å². The third kappa shape index (κ3) is 8.83. The molecule has 1 N–H and O–H groups in total. The van der Waals surface area contributed by atoms with Gasteiger partial charge < -0.3 is 18.8 Å². The van der Waals surface area contributed by atoms with Crippen LogP contribution in [0.25, 0.3) is 0 Å². The summed E-state index contributed by atoms with van der Waals surface area (Å²) in [6, 6.07) is 7.78. The molecule has 1 atom stereocenters. The second-order valence-corrected chi connectivity index (χ2v) is 24.3. The molecule has 0 aliphatic carbocycles. The van der Waals surface area contributed by atoms with E-state index in [2.05, 4.69) is 63.6 Å². The van der Waals surface area contributed by atoms with Crippen molar-refractivity contribution in [3.8, 4) is 0 Å². The summed E-state index contributed by atoms with van der Waals surface area (Å²) in [6.07, 6.45) is -0.777. The van der Waals surface area contributed by atoms with Gasteiger partial charge in [0.05, 0.1) is 18.4 Å². The number of aliphatic hydroxyl groups is 1. The zero-order chi connectivity index (χ0) is 31.5. The second-order valence-electron chi connectivity index (χ2n) is 13.4. The normalized spacial score (nSPS) is 13.5. The minimum absolute atomic E-state index is 0.00297. The molecule has 3 aromatic rings. The maximum absolute atomic E-state index is 13.7. The lowest BCUT2D eigenvalue weighted by molar-refractivity contribution is 0.0769. The Bertz CT molecular complexity index is 1470. The minimum atomic E-state index is -2.16. The lowest BCUT2D eigenvalue weighted by Gasteiger charge is -2.36. The summed E-state index contributed by atoms with van der Waals surface area (Å²) in [7, 11) is -3.50. The van der Waals surface area contributed by atoms with Crippen molar-refractivity contribution in [2.75, 3.05) is 6.61 Å². The molecule has 0 amide bonds. The molecule has 0 fully saturated rings. The molecule has 0 spiro atoms. The molecule has 0 unspecified atom stereocenters. The van der Waals surface area contributed by atoms with Gasteiger partial charge in [0.25, 0.3) is 5.56 Å². The predicted molar refractivity (Wildman–Crippen MR) is 169 cm³/mol. The molecule has 0 aliphatic heterocycles. The van der Waals surface area contributed by atoms with Crippen LogP contribution in [-0.2, 0) is 35.5 Å². The third-order valence-electron chi connectivity index (χ3n) is 7.81. The maximum atomic E-state index is 13.7. The zero-order valence-electron chi connectivity index (χ0n) is 26.3. The first-order valence-corrected chi connectivity index (χ1v) is 21.2. The Morgan fingerprint density at radius 3 is 2.31 bits per heavy atom. The Hall–Kier alpha value is -2.36. The molecule has 13 heteroatoms. The van der Waals surface area contributed by atoms with Crippen molar-refractivity contribution in [1.29, 1.82) is 0 Å². The van der Waals surface area contributed by atoms with Crippen molar-refractivity contribution in [2.24, 2.45) is 0 Å². The van der Waals surface area contributed by atoms with Crippen LogP contribution in [0, 0.1) is 6.92 Å². The number of benzene rings is 1. The van der Waals surface area contributed by atoms with Crippen LogP contribution in [0.5, 0.6) is 0 Å². The van der Waals surface area contributed by atoms with Crippen LogP contribution < -0.4 is 11.2 Å². The minimum Gasteiger partial charge on any atom is -0.411 e. The highest BCUT2D eigenvalue weighted by Gasteiger charge is 2.37. The van der Waals surface area contributed by atoms with Crippen molar-refractivity contribution in [3.63, 3.8) is 0 Å². The predicted octanol–water partition coefficient (Wildman–Crippen LogP) is 5.51. The zero-order valence-corrected chi connectivity index (χ0v) is 29.0. The van der Waals surface area contributed by atoms with Gasteiger partial charge in [0.1, 0.15) is 13.3 Å². The van der Waals surface area contributed by atoms with E-state index in [1.165, 1.54) is 4.57 Å². The van der Waals surface area contributed by atoms with E-state index in [0.29, 0.717) is 28.5 Å². The highest BCUT2D eigenvalue weighted by molar-refractivity contribution is 6.76. The number of hydrogen-bond acceptors (Lipinski definition) is 8. The van der Waals surface area contributed by atoms with Crippen molar-refractivity contribution in [3.05, 3.63) is 78.7 Å². The van der Waals surface area contributed by atoms with Gasteiger partial charge >= 0.3 is 5.69 Å². The van der Waals surface area contributed by atoms with Crippen LogP contribution in [-0.4, -0.2) is 47.4 Å². The van der Waals surface area contributed by atoms with Crippen LogP contribution in [0.4, 0.5) is 0 Å². The lowest BCUT2D eigenvalue weighted by Crippen LogP contribution is -2.45. The average Bonchev–Trinajstić information content (AvgIpc) is 3.32. The molecule has 2 aromatic heterocycles. The van der Waals surface area contributed by atoms with Gasteiger partial charge in [0.2, 0.25) is 5.89 Å². The molecular weight excluding hydrogens is 592 g/mol. The monoisotopic (exact) mass is 636 g/mol. The van der Waals surface area contributed by atoms with Gasteiger partial charge in [0, 0.05) is 31.7 Å². The fourth-order valence-electron chi connectivity index (χ4n) is 3.88. The van der Waals surface area contributed by atoms with Crippen molar-refractivity contribution in [2.45, 2.75) is 104 Å². The van der Waals surface area contributed by atoms with Crippen LogP contribution >= 0.6 is 11.6 Å².